The molecule has 0 aliphatic rings. The summed E-state index contributed by atoms with van der Waals surface area (Å²) in [7, 11) is -2.82. The zero-order valence-electron chi connectivity index (χ0n) is 21.8. The minimum atomic E-state index is -4.22. The summed E-state index contributed by atoms with van der Waals surface area (Å²) in [6.07, 6.45) is 0. The van der Waals surface area contributed by atoms with E-state index < -0.39 is 28.5 Å². The molecule has 3 aromatic rings. The van der Waals surface area contributed by atoms with Crippen molar-refractivity contribution in [2.75, 3.05) is 24.5 Å². The molecule has 0 radical (unpaired) electrons. The first-order valence-corrected chi connectivity index (χ1v) is 13.9. The minimum Gasteiger partial charge on any atom is -0.495 e. The Bertz CT molecular complexity index is 1380. The molecule has 3 aromatic carbocycles. The van der Waals surface area contributed by atoms with E-state index in [0.717, 1.165) is 15.4 Å². The van der Waals surface area contributed by atoms with Crippen molar-refractivity contribution in [3.63, 3.8) is 0 Å². The van der Waals surface area contributed by atoms with Crippen LogP contribution in [0.25, 0.3) is 0 Å². The predicted octanol–water partition coefficient (Wildman–Crippen LogP) is 4.41. The fraction of sp³-hybridized carbons (Fsp3) is 0.286. The third kappa shape index (κ3) is 6.85. The molecule has 1 atom stereocenters. The average molecular weight is 558 g/mol. The highest BCUT2D eigenvalue weighted by atomic mass is 35.5. The van der Waals surface area contributed by atoms with Gasteiger partial charge in [-0.1, -0.05) is 59.6 Å². The van der Waals surface area contributed by atoms with Crippen LogP contribution < -0.4 is 14.4 Å². The number of methoxy groups -OCH3 is 1. The second kappa shape index (κ2) is 12.8. The molecule has 10 heteroatoms. The molecule has 2 amide bonds. The molecule has 0 saturated carbocycles. The third-order valence-electron chi connectivity index (χ3n) is 5.97. The Balaban J connectivity index is 2.09. The normalized spacial score (nSPS) is 11.9. The highest BCUT2D eigenvalue weighted by Gasteiger charge is 2.33. The molecule has 202 valence electrons. The number of hydrogen-bond acceptors (Lipinski definition) is 5. The van der Waals surface area contributed by atoms with Gasteiger partial charge in [-0.3, -0.25) is 13.9 Å². The molecule has 0 saturated heterocycles. The topological polar surface area (TPSA) is 96.0 Å². The standard InChI is InChI=1S/C28H32ClN3O5S/c1-5-30-28(34)21(3)31(18-22-11-9-10-20(2)16-22)27(33)19-32(25-17-23(29)14-15-26(25)37-4)38(35,36)24-12-7-6-8-13-24/h6-17,21H,5,18-19H2,1-4H3,(H,30,34)/t21-/m1/s1. The Morgan fingerprint density at radius 1 is 1.03 bits per heavy atom. The van der Waals surface area contributed by atoms with Crippen molar-refractivity contribution in [3.05, 3.63) is 88.9 Å². The summed E-state index contributed by atoms with van der Waals surface area (Å²) in [6.45, 7) is 5.27. The molecule has 0 aliphatic carbocycles. The Morgan fingerprint density at radius 3 is 2.37 bits per heavy atom. The number of benzene rings is 3. The lowest BCUT2D eigenvalue weighted by Crippen LogP contribution is -2.51. The van der Waals surface area contributed by atoms with E-state index in [9.17, 15) is 18.0 Å². The second-order valence-electron chi connectivity index (χ2n) is 8.72. The van der Waals surface area contributed by atoms with Crippen LogP contribution in [-0.4, -0.2) is 51.4 Å². The lowest BCUT2D eigenvalue weighted by molar-refractivity contribution is -0.139. The van der Waals surface area contributed by atoms with E-state index in [1.165, 1.54) is 36.3 Å². The van der Waals surface area contributed by atoms with E-state index in [1.54, 1.807) is 38.1 Å². The monoisotopic (exact) mass is 557 g/mol. The van der Waals surface area contributed by atoms with Gasteiger partial charge in [-0.15, -0.1) is 0 Å². The molecule has 0 spiro atoms. The summed E-state index contributed by atoms with van der Waals surface area (Å²) in [4.78, 5) is 28.1. The van der Waals surface area contributed by atoms with Crippen molar-refractivity contribution in [1.29, 1.82) is 0 Å². The number of nitrogens with one attached hydrogen (secondary N) is 1. The largest absolute Gasteiger partial charge is 0.495 e. The summed E-state index contributed by atoms with van der Waals surface area (Å²) < 4.78 is 34.1. The molecule has 0 bridgehead atoms. The van der Waals surface area contributed by atoms with Crippen LogP contribution in [0.5, 0.6) is 5.75 Å². The number of sulfonamides is 1. The zero-order chi connectivity index (χ0) is 27.9. The van der Waals surface area contributed by atoms with Gasteiger partial charge in [0.2, 0.25) is 11.8 Å². The fourth-order valence-electron chi connectivity index (χ4n) is 4.00. The van der Waals surface area contributed by atoms with Crippen molar-refractivity contribution in [2.45, 2.75) is 38.3 Å². The van der Waals surface area contributed by atoms with E-state index in [1.807, 2.05) is 31.2 Å². The number of amides is 2. The number of nitrogens with zero attached hydrogens (tertiary/aromatic N) is 2. The smallest absolute Gasteiger partial charge is 0.264 e. The van der Waals surface area contributed by atoms with Crippen molar-refractivity contribution in [2.24, 2.45) is 0 Å². The summed E-state index contributed by atoms with van der Waals surface area (Å²) in [5, 5.41) is 3.01. The molecule has 0 fully saturated rings. The lowest BCUT2D eigenvalue weighted by Gasteiger charge is -2.32. The molecular formula is C28H32ClN3O5S. The van der Waals surface area contributed by atoms with Gasteiger partial charge >= 0.3 is 0 Å². The van der Waals surface area contributed by atoms with Gasteiger partial charge in [-0.25, -0.2) is 8.42 Å². The van der Waals surface area contributed by atoms with E-state index >= 15 is 0 Å². The second-order valence-corrected chi connectivity index (χ2v) is 11.0. The van der Waals surface area contributed by atoms with Crippen molar-refractivity contribution >= 4 is 39.1 Å². The Hall–Kier alpha value is -3.56. The Kier molecular flexibility index (Phi) is 9.77. The summed E-state index contributed by atoms with van der Waals surface area (Å²) >= 11 is 6.24. The highest BCUT2D eigenvalue weighted by Crippen LogP contribution is 2.35. The molecule has 0 unspecified atom stereocenters. The number of hydrogen-bond donors (Lipinski definition) is 1. The van der Waals surface area contributed by atoms with Crippen LogP contribution in [0.2, 0.25) is 5.02 Å². The molecule has 38 heavy (non-hydrogen) atoms. The molecule has 0 aliphatic heterocycles. The van der Waals surface area contributed by atoms with Crippen molar-refractivity contribution < 1.29 is 22.7 Å². The fourth-order valence-corrected chi connectivity index (χ4v) is 5.61. The first-order valence-electron chi connectivity index (χ1n) is 12.1. The van der Waals surface area contributed by atoms with Gasteiger partial charge in [0, 0.05) is 18.1 Å². The molecular weight excluding hydrogens is 526 g/mol. The van der Waals surface area contributed by atoms with Crippen LogP contribution in [-0.2, 0) is 26.2 Å². The van der Waals surface area contributed by atoms with Crippen LogP contribution >= 0.6 is 11.6 Å². The Labute approximate surface area is 229 Å². The number of likely N-dealkylation sites (N-methyl/N-ethyl adjacent to an activating group) is 1. The van der Waals surface area contributed by atoms with Crippen LogP contribution in [0.3, 0.4) is 0 Å². The first kappa shape index (κ1) is 29.0. The van der Waals surface area contributed by atoms with Crippen LogP contribution in [0.15, 0.2) is 77.7 Å². The van der Waals surface area contributed by atoms with E-state index in [2.05, 4.69) is 5.32 Å². The number of rotatable bonds is 11. The molecule has 1 N–H and O–H groups in total. The maximum atomic E-state index is 13.9. The maximum Gasteiger partial charge on any atom is 0.264 e. The van der Waals surface area contributed by atoms with E-state index in [-0.39, 0.29) is 33.8 Å². The molecule has 0 heterocycles. The van der Waals surface area contributed by atoms with Crippen LogP contribution in [0.4, 0.5) is 5.69 Å². The van der Waals surface area contributed by atoms with E-state index in [0.29, 0.717) is 6.54 Å². The zero-order valence-corrected chi connectivity index (χ0v) is 23.4. The minimum absolute atomic E-state index is 0.00293. The predicted molar refractivity (Wildman–Crippen MR) is 149 cm³/mol. The number of halogens is 1. The average Bonchev–Trinajstić information content (AvgIpc) is 2.90. The van der Waals surface area contributed by atoms with Gasteiger partial charge in [0.15, 0.2) is 0 Å². The number of anilines is 1. The van der Waals surface area contributed by atoms with Gasteiger partial charge in [-0.2, -0.15) is 0 Å². The van der Waals surface area contributed by atoms with Crippen molar-refractivity contribution in [3.8, 4) is 5.75 Å². The molecule has 0 aromatic heterocycles. The van der Waals surface area contributed by atoms with Crippen molar-refractivity contribution in [1.82, 2.24) is 10.2 Å². The SMILES string of the molecule is CCNC(=O)[C@@H](C)N(Cc1cccc(C)c1)C(=O)CN(c1cc(Cl)ccc1OC)S(=O)(=O)c1ccccc1. The highest BCUT2D eigenvalue weighted by molar-refractivity contribution is 7.92. The summed E-state index contributed by atoms with van der Waals surface area (Å²) in [5.74, 6) is -0.679. The van der Waals surface area contributed by atoms with Gasteiger partial charge in [0.1, 0.15) is 18.3 Å². The summed E-state index contributed by atoms with van der Waals surface area (Å²) in [6, 6.07) is 19.1. The lowest BCUT2D eigenvalue weighted by atomic mass is 10.1. The first-order chi connectivity index (χ1) is 18.1. The number of carbonyl (C=O) groups is 2. The van der Waals surface area contributed by atoms with E-state index in [4.69, 9.17) is 16.3 Å². The van der Waals surface area contributed by atoms with Gasteiger partial charge in [-0.05, 0) is 56.7 Å². The molecule has 3 rings (SSSR count). The van der Waals surface area contributed by atoms with Gasteiger partial charge in [0.05, 0.1) is 17.7 Å². The summed E-state index contributed by atoms with van der Waals surface area (Å²) in [5.41, 5.74) is 1.92. The van der Waals surface area contributed by atoms with Crippen LogP contribution in [0.1, 0.15) is 25.0 Å². The van der Waals surface area contributed by atoms with Gasteiger partial charge < -0.3 is 15.0 Å². The van der Waals surface area contributed by atoms with Crippen LogP contribution in [0, 0.1) is 6.92 Å². The van der Waals surface area contributed by atoms with Gasteiger partial charge in [0.25, 0.3) is 10.0 Å². The Morgan fingerprint density at radius 2 is 1.74 bits per heavy atom. The number of aryl methyl sites for hydroxylation is 1. The quantitative estimate of drug-likeness (QED) is 0.377. The third-order valence-corrected chi connectivity index (χ3v) is 7.98. The molecule has 8 nitrogen and oxygen atoms in total. The maximum absolute atomic E-state index is 13.9. The number of ether oxygens (including phenoxy) is 1. The number of carbonyl (C=O) groups excluding carboxylic acids is 2.